The first-order valence-corrected chi connectivity index (χ1v) is 6.75. The lowest BCUT2D eigenvalue weighted by Crippen LogP contribution is -2.38. The second kappa shape index (κ2) is 6.82. The van der Waals surface area contributed by atoms with Crippen molar-refractivity contribution in [2.24, 2.45) is 0 Å². The molecule has 0 amide bonds. The van der Waals surface area contributed by atoms with E-state index in [1.165, 1.54) is 0 Å². The summed E-state index contributed by atoms with van der Waals surface area (Å²) in [4.78, 5) is 13.3. The number of carbonyl (C=O) groups excluding carboxylic acids is 1. The quantitative estimate of drug-likeness (QED) is 0.871. The Balaban J connectivity index is 2.18. The van der Waals surface area contributed by atoms with Crippen molar-refractivity contribution in [2.75, 3.05) is 16.8 Å². The van der Waals surface area contributed by atoms with Crippen LogP contribution < -0.4 is 10.2 Å². The first-order valence-electron chi connectivity index (χ1n) is 6.35. The van der Waals surface area contributed by atoms with Crippen LogP contribution in [0.5, 0.6) is 0 Å². The molecule has 0 aliphatic carbocycles. The molecule has 1 N–H and O–H groups in total. The van der Waals surface area contributed by atoms with Crippen molar-refractivity contribution in [2.45, 2.75) is 6.92 Å². The second-order valence-electron chi connectivity index (χ2n) is 4.42. The Kier molecular flexibility index (Phi) is 4.85. The molecule has 0 radical (unpaired) electrons. The van der Waals surface area contributed by atoms with Crippen LogP contribution in [0.15, 0.2) is 60.7 Å². The molecule has 2 aromatic rings. The van der Waals surface area contributed by atoms with Crippen molar-refractivity contribution in [1.82, 2.24) is 0 Å². The second-order valence-corrected chi connectivity index (χ2v) is 4.81. The summed E-state index contributed by atoms with van der Waals surface area (Å²) in [6.07, 6.45) is 0. The number of nitrogens with one attached hydrogen (secondary N) is 1. The summed E-state index contributed by atoms with van der Waals surface area (Å²) in [7, 11) is 0. The fraction of sp³-hybridized carbons (Fsp3) is 0.125. The lowest BCUT2D eigenvalue weighted by molar-refractivity contribution is -0.115. The molecule has 2 rings (SSSR count). The van der Waals surface area contributed by atoms with Gasteiger partial charge in [-0.2, -0.15) is 0 Å². The zero-order valence-corrected chi connectivity index (χ0v) is 12.1. The zero-order valence-electron chi connectivity index (χ0n) is 11.2. The molecule has 0 atom stereocenters. The normalized spacial score (nSPS) is 9.85. The van der Waals surface area contributed by atoms with Gasteiger partial charge in [-0.25, -0.2) is 0 Å². The molecule has 0 spiro atoms. The summed E-state index contributed by atoms with van der Waals surface area (Å²) < 4.78 is 0. The smallest absolute Gasteiger partial charge is 0.178 e. The van der Waals surface area contributed by atoms with E-state index in [2.05, 4.69) is 5.32 Å². The fourth-order valence-corrected chi connectivity index (χ4v) is 2.11. The van der Waals surface area contributed by atoms with Gasteiger partial charge in [0.05, 0.1) is 6.54 Å². The molecule has 20 heavy (non-hydrogen) atoms. The van der Waals surface area contributed by atoms with E-state index in [0.717, 1.165) is 11.4 Å². The van der Waals surface area contributed by atoms with Gasteiger partial charge in [-0.1, -0.05) is 36.4 Å². The van der Waals surface area contributed by atoms with E-state index < -0.39 is 0 Å². The number of ketones is 1. The van der Waals surface area contributed by atoms with Crippen LogP contribution in [0, 0.1) is 0 Å². The Hall–Kier alpha value is -2.20. The summed E-state index contributed by atoms with van der Waals surface area (Å²) in [6.45, 7) is 1.81. The molecule has 4 heteroatoms. The van der Waals surface area contributed by atoms with E-state index in [0.29, 0.717) is 5.11 Å². The number of anilines is 2. The molecule has 102 valence electrons. The van der Waals surface area contributed by atoms with Crippen molar-refractivity contribution >= 4 is 34.5 Å². The summed E-state index contributed by atoms with van der Waals surface area (Å²) >= 11 is 5.42. The first kappa shape index (κ1) is 14.2. The molecule has 3 nitrogen and oxygen atoms in total. The van der Waals surface area contributed by atoms with Crippen LogP contribution in [0.2, 0.25) is 0 Å². The Labute approximate surface area is 124 Å². The Bertz CT molecular complexity index is 584. The summed E-state index contributed by atoms with van der Waals surface area (Å²) in [5.74, 6) is 0.0612. The van der Waals surface area contributed by atoms with Crippen molar-refractivity contribution in [3.8, 4) is 0 Å². The van der Waals surface area contributed by atoms with Crippen molar-refractivity contribution in [3.63, 3.8) is 0 Å². The highest BCUT2D eigenvalue weighted by atomic mass is 32.1. The number of Topliss-reactive ketones (excluding diaryl/α,β-unsaturated/α-hetero) is 1. The maximum atomic E-state index is 11.5. The van der Waals surface area contributed by atoms with Gasteiger partial charge in [-0.3, -0.25) is 4.79 Å². The number of rotatable bonds is 4. The number of nitrogens with zero attached hydrogens (tertiary/aromatic N) is 1. The molecule has 0 bridgehead atoms. The SMILES string of the molecule is CC(=O)CN(C(=S)Nc1ccccc1)c1ccccc1. The third-order valence-electron chi connectivity index (χ3n) is 2.72. The molecular formula is C16H16N2OS. The van der Waals surface area contributed by atoms with Crippen molar-refractivity contribution in [3.05, 3.63) is 60.7 Å². The van der Waals surface area contributed by atoms with Gasteiger partial charge in [-0.05, 0) is 43.4 Å². The number of carbonyl (C=O) groups is 1. The van der Waals surface area contributed by atoms with Gasteiger partial charge in [0.25, 0.3) is 0 Å². The largest absolute Gasteiger partial charge is 0.332 e. The predicted octanol–water partition coefficient (Wildman–Crippen LogP) is 3.48. The highest BCUT2D eigenvalue weighted by molar-refractivity contribution is 7.80. The zero-order chi connectivity index (χ0) is 14.4. The van der Waals surface area contributed by atoms with Gasteiger partial charge in [0.2, 0.25) is 0 Å². The Morgan fingerprint density at radius 2 is 1.60 bits per heavy atom. The third-order valence-corrected chi connectivity index (χ3v) is 3.04. The molecule has 0 aliphatic rings. The summed E-state index contributed by atoms with van der Waals surface area (Å²) in [5, 5.41) is 3.66. The van der Waals surface area contributed by atoms with Crippen LogP contribution >= 0.6 is 12.2 Å². The van der Waals surface area contributed by atoms with E-state index in [1.54, 1.807) is 11.8 Å². The van der Waals surface area contributed by atoms with Crippen molar-refractivity contribution in [1.29, 1.82) is 0 Å². The molecular weight excluding hydrogens is 268 g/mol. The van der Waals surface area contributed by atoms with E-state index >= 15 is 0 Å². The average molecular weight is 284 g/mol. The van der Waals surface area contributed by atoms with Crippen LogP contribution in [0.4, 0.5) is 11.4 Å². The minimum Gasteiger partial charge on any atom is -0.332 e. The van der Waals surface area contributed by atoms with E-state index in [1.807, 2.05) is 60.7 Å². The molecule has 0 fully saturated rings. The molecule has 0 saturated carbocycles. The Morgan fingerprint density at radius 3 is 2.15 bits per heavy atom. The molecule has 0 aliphatic heterocycles. The number of para-hydroxylation sites is 2. The maximum Gasteiger partial charge on any atom is 0.178 e. The number of hydrogen-bond acceptors (Lipinski definition) is 2. The monoisotopic (exact) mass is 284 g/mol. The maximum absolute atomic E-state index is 11.5. The van der Waals surface area contributed by atoms with Gasteiger partial charge in [0.1, 0.15) is 5.78 Å². The molecule has 0 aromatic heterocycles. The van der Waals surface area contributed by atoms with E-state index in [-0.39, 0.29) is 12.3 Å². The predicted molar refractivity (Wildman–Crippen MR) is 87.1 cm³/mol. The lowest BCUT2D eigenvalue weighted by Gasteiger charge is -2.24. The van der Waals surface area contributed by atoms with Crippen molar-refractivity contribution < 1.29 is 4.79 Å². The van der Waals surface area contributed by atoms with Crippen LogP contribution in [0.1, 0.15) is 6.92 Å². The first-order chi connectivity index (χ1) is 9.66. The third kappa shape index (κ3) is 3.90. The van der Waals surface area contributed by atoms with Gasteiger partial charge in [-0.15, -0.1) is 0 Å². The number of thiocarbonyl (C=S) groups is 1. The Morgan fingerprint density at radius 1 is 1.05 bits per heavy atom. The summed E-state index contributed by atoms with van der Waals surface area (Å²) in [5.41, 5.74) is 1.80. The topological polar surface area (TPSA) is 32.3 Å². The van der Waals surface area contributed by atoms with Gasteiger partial charge in [0.15, 0.2) is 5.11 Å². The van der Waals surface area contributed by atoms with Gasteiger partial charge in [0, 0.05) is 11.4 Å². The van der Waals surface area contributed by atoms with Gasteiger partial charge < -0.3 is 10.2 Å². The standard InChI is InChI=1S/C16H16N2OS/c1-13(19)12-18(15-10-6-3-7-11-15)16(20)17-14-8-4-2-5-9-14/h2-11H,12H2,1H3,(H,17,20). The lowest BCUT2D eigenvalue weighted by atomic mass is 10.2. The van der Waals surface area contributed by atoms with Crippen LogP contribution in [0.3, 0.4) is 0 Å². The molecule has 2 aromatic carbocycles. The van der Waals surface area contributed by atoms with Gasteiger partial charge >= 0.3 is 0 Å². The van der Waals surface area contributed by atoms with E-state index in [9.17, 15) is 4.79 Å². The molecule has 0 heterocycles. The highest BCUT2D eigenvalue weighted by Crippen LogP contribution is 2.15. The fourth-order valence-electron chi connectivity index (χ4n) is 1.82. The average Bonchev–Trinajstić information content (AvgIpc) is 2.46. The minimum absolute atomic E-state index is 0.0612. The van der Waals surface area contributed by atoms with Crippen LogP contribution in [-0.4, -0.2) is 17.4 Å². The summed E-state index contributed by atoms with van der Waals surface area (Å²) in [6, 6.07) is 19.3. The van der Waals surface area contributed by atoms with Crippen LogP contribution in [0.25, 0.3) is 0 Å². The number of benzene rings is 2. The molecule has 0 saturated heterocycles. The minimum atomic E-state index is 0.0612. The van der Waals surface area contributed by atoms with E-state index in [4.69, 9.17) is 12.2 Å². The number of hydrogen-bond donors (Lipinski definition) is 1. The van der Waals surface area contributed by atoms with Crippen LogP contribution in [-0.2, 0) is 4.79 Å². The highest BCUT2D eigenvalue weighted by Gasteiger charge is 2.13. The molecule has 0 unspecified atom stereocenters.